The minimum Gasteiger partial charge on any atom is -0.423 e. The highest BCUT2D eigenvalue weighted by atomic mass is 79.9. The molecule has 0 amide bonds. The van der Waals surface area contributed by atoms with Gasteiger partial charge >= 0.3 is 7.12 Å². The smallest absolute Gasteiger partial charge is 0.423 e. The maximum absolute atomic E-state index is 8.63. The Hall–Kier alpha value is -1.26. The van der Waals surface area contributed by atoms with Crippen LogP contribution in [0.2, 0.25) is 10.0 Å². The quantitative estimate of drug-likeness (QED) is 0.351. The number of thiazole rings is 2. The van der Waals surface area contributed by atoms with Gasteiger partial charge in [0.05, 0.1) is 0 Å². The van der Waals surface area contributed by atoms with E-state index in [0.717, 1.165) is 19.5 Å². The molecule has 0 aliphatic heterocycles. The highest BCUT2D eigenvalue weighted by Crippen LogP contribution is 2.22. The largest absolute Gasteiger partial charge is 0.488 e. The lowest BCUT2D eigenvalue weighted by Crippen LogP contribution is -2.29. The summed E-state index contributed by atoms with van der Waals surface area (Å²) >= 11 is 17.7. The molecule has 0 fully saturated rings. The summed E-state index contributed by atoms with van der Waals surface area (Å²) in [6, 6.07) is 14.0. The molecule has 0 aliphatic rings. The molecule has 10 heteroatoms. The van der Waals surface area contributed by atoms with E-state index < -0.39 is 7.12 Å². The zero-order valence-corrected chi connectivity index (χ0v) is 19.0. The zero-order valence-electron chi connectivity index (χ0n) is 14.2. The van der Waals surface area contributed by atoms with Crippen LogP contribution in [0.4, 0.5) is 0 Å². The molecular formula is C18H14BBrCl2N2O2S2. The Morgan fingerprint density at radius 3 is 1.71 bits per heavy atom. The van der Waals surface area contributed by atoms with Crippen LogP contribution in [0.15, 0.2) is 75.6 Å². The lowest BCUT2D eigenvalue weighted by atomic mass is 9.81. The second-order valence-corrected chi connectivity index (χ2v) is 8.99. The Morgan fingerprint density at radius 2 is 1.32 bits per heavy atom. The van der Waals surface area contributed by atoms with Gasteiger partial charge in [0.15, 0.2) is 3.92 Å². The molecule has 2 aromatic heterocycles. The van der Waals surface area contributed by atoms with Crippen LogP contribution in [0.3, 0.4) is 0 Å². The fourth-order valence-corrected chi connectivity index (χ4v) is 3.49. The summed E-state index contributed by atoms with van der Waals surface area (Å²) < 4.78 is 0.947. The fourth-order valence-electron chi connectivity index (χ4n) is 1.80. The maximum atomic E-state index is 8.63. The van der Waals surface area contributed by atoms with E-state index >= 15 is 0 Å². The van der Waals surface area contributed by atoms with Gasteiger partial charge in [0.2, 0.25) is 0 Å². The first kappa shape index (κ1) is 23.0. The van der Waals surface area contributed by atoms with Crippen molar-refractivity contribution < 1.29 is 10.0 Å². The predicted molar refractivity (Wildman–Crippen MR) is 124 cm³/mol. The molecule has 2 N–H and O–H groups in total. The van der Waals surface area contributed by atoms with E-state index in [0.29, 0.717) is 10.5 Å². The number of benzene rings is 2. The van der Waals surface area contributed by atoms with Gasteiger partial charge in [-0.15, -0.1) is 22.7 Å². The van der Waals surface area contributed by atoms with Crippen molar-refractivity contribution in [1.82, 2.24) is 9.97 Å². The Kier molecular flexibility index (Phi) is 10.1. The number of rotatable bonds is 2. The van der Waals surface area contributed by atoms with Gasteiger partial charge in [0, 0.05) is 38.8 Å². The molecule has 0 unspecified atom stereocenters. The van der Waals surface area contributed by atoms with Crippen molar-refractivity contribution in [3.8, 4) is 10.6 Å². The number of nitrogens with zero attached hydrogens (tertiary/aromatic N) is 2. The van der Waals surface area contributed by atoms with Crippen LogP contribution in [-0.4, -0.2) is 27.1 Å². The lowest BCUT2D eigenvalue weighted by molar-refractivity contribution is 0.426. The fraction of sp³-hybridized carbons (Fsp3) is 0. The summed E-state index contributed by atoms with van der Waals surface area (Å²) in [4.78, 5) is 8.04. The molecule has 4 aromatic rings. The minimum atomic E-state index is -1.41. The Labute approximate surface area is 189 Å². The highest BCUT2D eigenvalue weighted by molar-refractivity contribution is 9.11. The molecule has 0 spiro atoms. The monoisotopic (exact) mass is 514 g/mol. The van der Waals surface area contributed by atoms with Crippen LogP contribution in [0, 0.1) is 0 Å². The van der Waals surface area contributed by atoms with E-state index in [1.165, 1.54) is 0 Å². The molecule has 0 bridgehead atoms. The predicted octanol–water partition coefficient (Wildman–Crippen LogP) is 5.39. The molecule has 2 aromatic carbocycles. The Morgan fingerprint density at radius 1 is 0.786 bits per heavy atom. The van der Waals surface area contributed by atoms with E-state index in [-0.39, 0.29) is 0 Å². The standard InChI is InChI=1S/C9H6ClNS.C6H6BClO2.C3H2BrNS/c10-8-3-1-7(2-4-8)9-11-5-6-12-9;8-6-3-1-5(2-4-6)7(9)10;4-3-5-1-2-6-3/h1-6H;1-4,9-10H;1-2H. The average Bonchev–Trinajstić information content (AvgIpc) is 3.38. The maximum Gasteiger partial charge on any atom is 0.488 e. The summed E-state index contributed by atoms with van der Waals surface area (Å²) in [5, 5.41) is 23.5. The van der Waals surface area contributed by atoms with Gasteiger partial charge in [0.1, 0.15) is 5.01 Å². The van der Waals surface area contributed by atoms with E-state index in [1.807, 2.05) is 35.0 Å². The summed E-state index contributed by atoms with van der Waals surface area (Å²) in [5.41, 5.74) is 1.57. The molecule has 0 radical (unpaired) electrons. The first-order valence-corrected chi connectivity index (χ1v) is 11.1. The molecule has 0 saturated heterocycles. The number of aromatic nitrogens is 2. The molecule has 0 saturated carbocycles. The second kappa shape index (κ2) is 12.3. The Balaban J connectivity index is 0.000000159. The normalized spacial score (nSPS) is 9.61. The number of halogens is 3. The molecule has 0 atom stereocenters. The zero-order chi connectivity index (χ0) is 20.4. The van der Waals surface area contributed by atoms with Crippen molar-refractivity contribution in [2.24, 2.45) is 0 Å². The summed E-state index contributed by atoms with van der Waals surface area (Å²) in [6.07, 6.45) is 3.56. The molecular weight excluding hydrogens is 502 g/mol. The van der Waals surface area contributed by atoms with Gasteiger partial charge in [0.25, 0.3) is 0 Å². The van der Waals surface area contributed by atoms with Gasteiger partial charge in [-0.05, 0) is 45.7 Å². The SMILES string of the molecule is Brc1nccs1.Clc1ccc(-c2nccs2)cc1.OB(O)c1ccc(Cl)cc1. The van der Waals surface area contributed by atoms with E-state index in [9.17, 15) is 0 Å². The molecule has 2 heterocycles. The lowest BCUT2D eigenvalue weighted by Gasteiger charge is -1.96. The molecule has 0 aliphatic carbocycles. The van der Waals surface area contributed by atoms with Crippen LogP contribution in [0.5, 0.6) is 0 Å². The average molecular weight is 516 g/mol. The molecule has 4 nitrogen and oxygen atoms in total. The summed E-state index contributed by atoms with van der Waals surface area (Å²) in [5.74, 6) is 0. The van der Waals surface area contributed by atoms with Crippen molar-refractivity contribution in [2.75, 3.05) is 0 Å². The van der Waals surface area contributed by atoms with Crippen LogP contribution in [0.25, 0.3) is 10.6 Å². The topological polar surface area (TPSA) is 66.2 Å². The third-order valence-corrected chi connectivity index (χ3v) is 5.74. The van der Waals surface area contributed by atoms with Crippen molar-refractivity contribution >= 4 is 74.4 Å². The van der Waals surface area contributed by atoms with Gasteiger partial charge in [-0.3, -0.25) is 0 Å². The van der Waals surface area contributed by atoms with Crippen LogP contribution in [-0.2, 0) is 0 Å². The van der Waals surface area contributed by atoms with Gasteiger partial charge < -0.3 is 10.0 Å². The van der Waals surface area contributed by atoms with Gasteiger partial charge in [-0.2, -0.15) is 0 Å². The van der Waals surface area contributed by atoms with E-state index in [4.69, 9.17) is 33.2 Å². The van der Waals surface area contributed by atoms with Crippen LogP contribution >= 0.6 is 61.8 Å². The van der Waals surface area contributed by atoms with Gasteiger partial charge in [-0.25, -0.2) is 9.97 Å². The minimum absolute atomic E-state index is 0.449. The van der Waals surface area contributed by atoms with Crippen LogP contribution < -0.4 is 5.46 Å². The van der Waals surface area contributed by atoms with E-state index in [2.05, 4.69) is 25.9 Å². The van der Waals surface area contributed by atoms with Crippen molar-refractivity contribution in [3.63, 3.8) is 0 Å². The first-order valence-electron chi connectivity index (χ1n) is 7.77. The highest BCUT2D eigenvalue weighted by Gasteiger charge is 2.08. The third-order valence-electron chi connectivity index (χ3n) is 3.09. The van der Waals surface area contributed by atoms with E-state index in [1.54, 1.807) is 59.3 Å². The molecule has 144 valence electrons. The number of hydrogen-bond donors (Lipinski definition) is 2. The van der Waals surface area contributed by atoms with Crippen LogP contribution in [0.1, 0.15) is 0 Å². The van der Waals surface area contributed by atoms with Crippen molar-refractivity contribution in [2.45, 2.75) is 0 Å². The van der Waals surface area contributed by atoms with Gasteiger partial charge in [-0.1, -0.05) is 47.5 Å². The third kappa shape index (κ3) is 8.40. The second-order valence-electron chi connectivity index (χ2n) is 5.05. The number of hydrogen-bond acceptors (Lipinski definition) is 6. The first-order chi connectivity index (χ1) is 13.5. The molecule has 4 rings (SSSR count). The Bertz CT molecular complexity index is 923. The summed E-state index contributed by atoms with van der Waals surface area (Å²) in [7, 11) is -1.41. The molecule has 28 heavy (non-hydrogen) atoms. The van der Waals surface area contributed by atoms with Crippen molar-refractivity contribution in [3.05, 3.63) is 85.6 Å². The van der Waals surface area contributed by atoms with Crippen molar-refractivity contribution in [1.29, 1.82) is 0 Å². The summed E-state index contributed by atoms with van der Waals surface area (Å²) in [6.45, 7) is 0.